The lowest BCUT2D eigenvalue weighted by Gasteiger charge is -2.36. The normalized spacial score (nSPS) is 26.0. The number of alkyl halides is 1. The van der Waals surface area contributed by atoms with E-state index in [0.29, 0.717) is 25.7 Å². The number of benzene rings is 1. The van der Waals surface area contributed by atoms with E-state index in [2.05, 4.69) is 12.1 Å². The zero-order valence-corrected chi connectivity index (χ0v) is 14.1. The van der Waals surface area contributed by atoms with Crippen molar-refractivity contribution in [2.24, 2.45) is 5.92 Å². The zero-order valence-electron chi connectivity index (χ0n) is 12.4. The number of halogens is 1. The molecule has 1 heterocycles. The highest BCUT2D eigenvalue weighted by atomic mass is 35.5. The van der Waals surface area contributed by atoms with E-state index in [1.165, 1.54) is 5.56 Å². The minimum Gasteiger partial charge on any atom is -0.396 e. The number of aliphatic hydroxyl groups excluding tert-OH is 1. The molecule has 0 unspecified atom stereocenters. The van der Waals surface area contributed by atoms with Crippen molar-refractivity contribution in [3.63, 3.8) is 0 Å². The van der Waals surface area contributed by atoms with Gasteiger partial charge in [0.05, 0.1) is 6.61 Å². The average Bonchev–Trinajstić information content (AvgIpc) is 2.54. The fraction of sp³-hybridized carbons (Fsp3) is 0.600. The maximum Gasteiger partial charge on any atom is 0.501 e. The summed E-state index contributed by atoms with van der Waals surface area (Å²) in [6, 6.07) is 9.03. The summed E-state index contributed by atoms with van der Waals surface area (Å²) in [6.07, 6.45) is 0.860. The smallest absolute Gasteiger partial charge is 0.396 e. The second-order valence-corrected chi connectivity index (χ2v) is 8.24. The van der Waals surface area contributed by atoms with Gasteiger partial charge >= 0.3 is 8.80 Å². The second-order valence-electron chi connectivity index (χ2n) is 5.24. The standard InChI is InChI=1S/C15H23ClO4Si/c1-2-18-21(19-11-15(10-17)12-20-21)8-7-13-3-5-14(9-16)6-4-13/h3-6,15,17H,2,7-12H2,1H3. The minimum atomic E-state index is -2.58. The number of aliphatic hydroxyl groups is 1. The van der Waals surface area contributed by atoms with E-state index in [-0.39, 0.29) is 12.5 Å². The molecular weight excluding hydrogens is 308 g/mol. The molecule has 118 valence electrons. The third-order valence-electron chi connectivity index (χ3n) is 3.60. The Hall–Kier alpha value is -0.433. The maximum atomic E-state index is 9.15. The van der Waals surface area contributed by atoms with Crippen LogP contribution in [0.2, 0.25) is 6.04 Å². The first-order chi connectivity index (χ1) is 10.2. The highest BCUT2D eigenvalue weighted by molar-refractivity contribution is 6.60. The van der Waals surface area contributed by atoms with Crippen LogP contribution in [0.4, 0.5) is 0 Å². The number of aryl methyl sites for hydroxylation is 1. The van der Waals surface area contributed by atoms with Gasteiger partial charge in [-0.3, -0.25) is 0 Å². The van der Waals surface area contributed by atoms with Crippen LogP contribution in [0.1, 0.15) is 18.1 Å². The van der Waals surface area contributed by atoms with E-state index in [9.17, 15) is 0 Å². The lowest BCUT2D eigenvalue weighted by molar-refractivity contribution is -0.0222. The Kier molecular flexibility index (Phi) is 6.66. The topological polar surface area (TPSA) is 47.9 Å². The quantitative estimate of drug-likeness (QED) is 0.616. The molecule has 6 heteroatoms. The van der Waals surface area contributed by atoms with Crippen LogP contribution in [0, 0.1) is 5.92 Å². The largest absolute Gasteiger partial charge is 0.501 e. The highest BCUT2D eigenvalue weighted by Crippen LogP contribution is 2.25. The van der Waals surface area contributed by atoms with Crippen molar-refractivity contribution >= 4 is 20.4 Å². The maximum absolute atomic E-state index is 9.15. The Morgan fingerprint density at radius 3 is 2.38 bits per heavy atom. The molecule has 1 aromatic rings. The molecule has 0 atom stereocenters. The number of hydrogen-bond acceptors (Lipinski definition) is 4. The first-order valence-electron chi connectivity index (χ1n) is 7.38. The molecule has 4 nitrogen and oxygen atoms in total. The molecular formula is C15H23ClO4Si. The van der Waals surface area contributed by atoms with Gasteiger partial charge in [-0.2, -0.15) is 0 Å². The molecule has 1 aliphatic rings. The summed E-state index contributed by atoms with van der Waals surface area (Å²) in [5.41, 5.74) is 2.35. The Morgan fingerprint density at radius 1 is 1.24 bits per heavy atom. The predicted octanol–water partition coefficient (Wildman–Crippen LogP) is 2.60. The summed E-state index contributed by atoms with van der Waals surface area (Å²) in [7, 11) is -2.58. The lowest BCUT2D eigenvalue weighted by Crippen LogP contribution is -2.52. The van der Waals surface area contributed by atoms with Crippen molar-refractivity contribution < 1.29 is 18.4 Å². The van der Waals surface area contributed by atoms with Crippen molar-refractivity contribution in [3.8, 4) is 0 Å². The van der Waals surface area contributed by atoms with Gasteiger partial charge in [0.15, 0.2) is 0 Å². The van der Waals surface area contributed by atoms with Gasteiger partial charge in [0.25, 0.3) is 0 Å². The molecule has 0 spiro atoms. The van der Waals surface area contributed by atoms with Crippen LogP contribution in [0.25, 0.3) is 0 Å². The van der Waals surface area contributed by atoms with Gasteiger partial charge in [-0.25, -0.2) is 0 Å². The van der Waals surface area contributed by atoms with E-state index in [1.807, 2.05) is 19.1 Å². The van der Waals surface area contributed by atoms with Crippen LogP contribution in [-0.2, 0) is 25.6 Å². The van der Waals surface area contributed by atoms with E-state index in [0.717, 1.165) is 18.0 Å². The Bertz CT molecular complexity index is 418. The van der Waals surface area contributed by atoms with Gasteiger partial charge in [-0.15, -0.1) is 11.6 Å². The molecule has 0 aromatic heterocycles. The summed E-state index contributed by atoms with van der Waals surface area (Å²) in [4.78, 5) is 0. The summed E-state index contributed by atoms with van der Waals surface area (Å²) < 4.78 is 17.6. The van der Waals surface area contributed by atoms with E-state index >= 15 is 0 Å². The fourth-order valence-corrected chi connectivity index (χ4v) is 5.17. The molecule has 1 fully saturated rings. The number of rotatable bonds is 7. The Labute approximate surface area is 132 Å². The molecule has 0 aliphatic carbocycles. The third kappa shape index (κ3) is 4.77. The van der Waals surface area contributed by atoms with Crippen molar-refractivity contribution in [2.45, 2.75) is 25.3 Å². The first-order valence-corrected chi connectivity index (χ1v) is 9.84. The lowest BCUT2D eigenvalue weighted by atomic mass is 10.1. The van der Waals surface area contributed by atoms with Crippen LogP contribution in [0.5, 0.6) is 0 Å². The molecule has 1 N–H and O–H groups in total. The summed E-state index contributed by atoms with van der Waals surface area (Å²) in [6.45, 7) is 3.67. The number of hydrogen-bond donors (Lipinski definition) is 1. The fourth-order valence-electron chi connectivity index (χ4n) is 2.30. The summed E-state index contributed by atoms with van der Waals surface area (Å²) in [5, 5.41) is 9.15. The molecule has 1 aromatic carbocycles. The monoisotopic (exact) mass is 330 g/mol. The van der Waals surface area contributed by atoms with Crippen LogP contribution >= 0.6 is 11.6 Å². The third-order valence-corrected chi connectivity index (χ3v) is 6.71. The van der Waals surface area contributed by atoms with Crippen LogP contribution in [0.3, 0.4) is 0 Å². The SMILES string of the molecule is CCO[Si]1(CCc2ccc(CCl)cc2)OCC(CO)CO1. The molecule has 0 amide bonds. The van der Waals surface area contributed by atoms with Crippen LogP contribution in [-0.4, -0.2) is 40.3 Å². The van der Waals surface area contributed by atoms with Gasteiger partial charge in [-0.1, -0.05) is 24.3 Å². The van der Waals surface area contributed by atoms with E-state index < -0.39 is 8.80 Å². The van der Waals surface area contributed by atoms with E-state index in [4.69, 9.17) is 30.0 Å². The van der Waals surface area contributed by atoms with Crippen molar-refractivity contribution in [3.05, 3.63) is 35.4 Å². The Morgan fingerprint density at radius 2 is 1.86 bits per heavy atom. The zero-order chi connectivity index (χ0) is 15.1. The van der Waals surface area contributed by atoms with Gasteiger partial charge in [-0.05, 0) is 24.5 Å². The molecule has 0 saturated carbocycles. The summed E-state index contributed by atoms with van der Waals surface area (Å²) >= 11 is 5.80. The van der Waals surface area contributed by atoms with Crippen molar-refractivity contribution in [1.29, 1.82) is 0 Å². The molecule has 21 heavy (non-hydrogen) atoms. The Balaban J connectivity index is 1.93. The van der Waals surface area contributed by atoms with Crippen LogP contribution in [0.15, 0.2) is 24.3 Å². The van der Waals surface area contributed by atoms with Gasteiger partial charge in [0.1, 0.15) is 0 Å². The van der Waals surface area contributed by atoms with Crippen molar-refractivity contribution in [2.75, 3.05) is 26.4 Å². The second kappa shape index (κ2) is 8.27. The van der Waals surface area contributed by atoms with Gasteiger partial charge in [0, 0.05) is 37.7 Å². The molecule has 0 bridgehead atoms. The van der Waals surface area contributed by atoms with Crippen molar-refractivity contribution in [1.82, 2.24) is 0 Å². The molecule has 1 aliphatic heterocycles. The van der Waals surface area contributed by atoms with Gasteiger partial charge in [0.2, 0.25) is 0 Å². The molecule has 1 saturated heterocycles. The highest BCUT2D eigenvalue weighted by Gasteiger charge is 2.44. The first kappa shape index (κ1) is 16.9. The molecule has 2 rings (SSSR count). The van der Waals surface area contributed by atoms with E-state index in [1.54, 1.807) is 0 Å². The predicted molar refractivity (Wildman–Crippen MR) is 84.4 cm³/mol. The molecule has 0 radical (unpaired) electrons. The average molecular weight is 331 g/mol. The summed E-state index contributed by atoms with van der Waals surface area (Å²) in [5.74, 6) is 0.598. The minimum absolute atomic E-state index is 0.0640. The van der Waals surface area contributed by atoms with Crippen LogP contribution < -0.4 is 0 Å². The van der Waals surface area contributed by atoms with Gasteiger partial charge < -0.3 is 18.4 Å².